The third-order valence-corrected chi connectivity index (χ3v) is 4.33. The molecule has 1 atom stereocenters. The van der Waals surface area contributed by atoms with Crippen LogP contribution in [0.15, 0.2) is 4.52 Å². The Morgan fingerprint density at radius 1 is 1.29 bits per heavy atom. The van der Waals surface area contributed by atoms with Gasteiger partial charge in [0.05, 0.1) is 0 Å². The molecule has 0 bridgehead atoms. The maximum Gasteiger partial charge on any atom is 0.251 e. The summed E-state index contributed by atoms with van der Waals surface area (Å²) in [6, 6.07) is 0. The third kappa shape index (κ3) is 3.10. The lowest BCUT2D eigenvalue weighted by atomic mass is 9.96. The van der Waals surface area contributed by atoms with Crippen LogP contribution in [0.5, 0.6) is 0 Å². The largest absolute Gasteiger partial charge is 0.368 e. The normalized spacial score (nSPS) is 24.0. The molecule has 2 aliphatic heterocycles. The van der Waals surface area contributed by atoms with Crippen LogP contribution < -0.4 is 0 Å². The van der Waals surface area contributed by atoms with Crippen molar-refractivity contribution in [3.8, 4) is 0 Å². The fourth-order valence-corrected chi connectivity index (χ4v) is 2.97. The van der Waals surface area contributed by atoms with Gasteiger partial charge in [0.1, 0.15) is 6.10 Å². The lowest BCUT2D eigenvalue weighted by Gasteiger charge is -2.31. The first-order valence-electron chi connectivity index (χ1n) is 7.89. The molecule has 116 valence electrons. The highest BCUT2D eigenvalue weighted by Gasteiger charge is 2.32. The molecule has 0 aromatic carbocycles. The van der Waals surface area contributed by atoms with E-state index in [9.17, 15) is 4.79 Å². The van der Waals surface area contributed by atoms with Gasteiger partial charge in [-0.25, -0.2) is 0 Å². The zero-order valence-electron chi connectivity index (χ0n) is 12.7. The maximum absolute atomic E-state index is 12.3. The number of ether oxygens (including phenoxy) is 1. The fraction of sp³-hybridized carbons (Fsp3) is 0.800. The van der Waals surface area contributed by atoms with Crippen LogP contribution in [0.4, 0.5) is 0 Å². The first kappa shape index (κ1) is 14.5. The van der Waals surface area contributed by atoms with Crippen LogP contribution in [0.3, 0.4) is 0 Å². The topological polar surface area (TPSA) is 68.5 Å². The molecule has 3 heterocycles. The van der Waals surface area contributed by atoms with E-state index in [2.05, 4.69) is 24.0 Å². The number of hydrogen-bond acceptors (Lipinski definition) is 5. The Labute approximate surface area is 124 Å². The summed E-state index contributed by atoms with van der Waals surface area (Å²) < 4.78 is 10.8. The molecule has 2 saturated heterocycles. The van der Waals surface area contributed by atoms with E-state index < -0.39 is 0 Å². The summed E-state index contributed by atoms with van der Waals surface area (Å²) in [4.78, 5) is 18.7. The molecule has 0 radical (unpaired) electrons. The molecular weight excluding hydrogens is 270 g/mol. The Bertz CT molecular complexity index is 486. The molecule has 0 spiro atoms. The number of piperidine rings is 1. The molecule has 0 saturated carbocycles. The number of carbonyl (C=O) groups is 1. The third-order valence-electron chi connectivity index (χ3n) is 4.33. The van der Waals surface area contributed by atoms with Crippen LogP contribution in [0.25, 0.3) is 0 Å². The summed E-state index contributed by atoms with van der Waals surface area (Å²) in [7, 11) is 0. The second kappa shape index (κ2) is 6.13. The Morgan fingerprint density at radius 3 is 2.62 bits per heavy atom. The van der Waals surface area contributed by atoms with Gasteiger partial charge in [0.2, 0.25) is 5.89 Å². The molecule has 6 heteroatoms. The van der Waals surface area contributed by atoms with Crippen molar-refractivity contribution in [1.82, 2.24) is 15.0 Å². The van der Waals surface area contributed by atoms with Crippen molar-refractivity contribution in [1.29, 1.82) is 0 Å². The number of amides is 1. The van der Waals surface area contributed by atoms with Crippen LogP contribution in [-0.2, 0) is 9.53 Å². The van der Waals surface area contributed by atoms with E-state index in [1.165, 1.54) is 0 Å². The van der Waals surface area contributed by atoms with E-state index in [4.69, 9.17) is 9.26 Å². The minimum Gasteiger partial charge on any atom is -0.368 e. The lowest BCUT2D eigenvalue weighted by Crippen LogP contribution is -2.43. The quantitative estimate of drug-likeness (QED) is 0.853. The first-order valence-corrected chi connectivity index (χ1v) is 7.89. The molecule has 1 aromatic rings. The van der Waals surface area contributed by atoms with E-state index in [0.29, 0.717) is 6.61 Å². The predicted molar refractivity (Wildman–Crippen MR) is 75.9 cm³/mol. The molecule has 0 N–H and O–H groups in total. The number of hydrogen-bond donors (Lipinski definition) is 0. The number of carbonyl (C=O) groups excluding carboxylic acids is 1. The fourth-order valence-electron chi connectivity index (χ4n) is 2.97. The van der Waals surface area contributed by atoms with Gasteiger partial charge < -0.3 is 14.2 Å². The number of nitrogens with zero attached hydrogens (tertiary/aromatic N) is 3. The summed E-state index contributed by atoms with van der Waals surface area (Å²) in [6.45, 7) is 6.33. The maximum atomic E-state index is 12.3. The SMILES string of the molecule is CC(C)c1noc(C2CCN(C(=O)[C@H]3CCCO3)CC2)n1. The zero-order chi connectivity index (χ0) is 14.8. The van der Waals surface area contributed by atoms with E-state index in [-0.39, 0.29) is 23.8 Å². The van der Waals surface area contributed by atoms with Crippen molar-refractivity contribution in [3.63, 3.8) is 0 Å². The molecule has 2 aliphatic rings. The highest BCUT2D eigenvalue weighted by molar-refractivity contribution is 5.81. The first-order chi connectivity index (χ1) is 10.1. The number of rotatable bonds is 3. The zero-order valence-corrected chi connectivity index (χ0v) is 12.7. The van der Waals surface area contributed by atoms with Gasteiger partial charge >= 0.3 is 0 Å². The minimum atomic E-state index is -0.211. The average Bonchev–Trinajstić information content (AvgIpc) is 3.18. The summed E-state index contributed by atoms with van der Waals surface area (Å²) in [5, 5.41) is 4.02. The van der Waals surface area contributed by atoms with Gasteiger partial charge in [-0.3, -0.25) is 4.79 Å². The van der Waals surface area contributed by atoms with Crippen molar-refractivity contribution in [2.75, 3.05) is 19.7 Å². The molecule has 3 rings (SSSR count). The highest BCUT2D eigenvalue weighted by atomic mass is 16.5. The van der Waals surface area contributed by atoms with Crippen molar-refractivity contribution in [3.05, 3.63) is 11.7 Å². The summed E-state index contributed by atoms with van der Waals surface area (Å²) in [5.74, 6) is 2.20. The highest BCUT2D eigenvalue weighted by Crippen LogP contribution is 2.28. The van der Waals surface area contributed by atoms with Gasteiger partial charge in [0, 0.05) is 31.5 Å². The standard InChI is InChI=1S/C15H23N3O3/c1-10(2)13-16-14(21-17-13)11-5-7-18(8-6-11)15(19)12-4-3-9-20-12/h10-12H,3-9H2,1-2H3/t12-/m1/s1. The number of aromatic nitrogens is 2. The van der Waals surface area contributed by atoms with Crippen molar-refractivity contribution in [2.45, 2.75) is 57.5 Å². The van der Waals surface area contributed by atoms with Gasteiger partial charge in [0.25, 0.3) is 5.91 Å². The molecule has 1 aromatic heterocycles. The van der Waals surface area contributed by atoms with E-state index in [0.717, 1.165) is 50.5 Å². The summed E-state index contributed by atoms with van der Waals surface area (Å²) >= 11 is 0. The van der Waals surface area contributed by atoms with E-state index in [1.807, 2.05) is 4.90 Å². The van der Waals surface area contributed by atoms with Crippen LogP contribution in [0, 0.1) is 0 Å². The van der Waals surface area contributed by atoms with Gasteiger partial charge in [-0.1, -0.05) is 19.0 Å². The van der Waals surface area contributed by atoms with Crippen molar-refractivity contribution in [2.24, 2.45) is 0 Å². The van der Waals surface area contributed by atoms with Gasteiger partial charge in [-0.05, 0) is 25.7 Å². The predicted octanol–water partition coefficient (Wildman–Crippen LogP) is 2.08. The average molecular weight is 293 g/mol. The smallest absolute Gasteiger partial charge is 0.251 e. The Hall–Kier alpha value is -1.43. The van der Waals surface area contributed by atoms with Gasteiger partial charge in [-0.2, -0.15) is 4.98 Å². The van der Waals surface area contributed by atoms with Gasteiger partial charge in [-0.15, -0.1) is 0 Å². The van der Waals surface area contributed by atoms with Crippen molar-refractivity contribution < 1.29 is 14.1 Å². The van der Waals surface area contributed by atoms with Crippen LogP contribution >= 0.6 is 0 Å². The molecule has 6 nitrogen and oxygen atoms in total. The Kier molecular flexibility index (Phi) is 4.24. The van der Waals surface area contributed by atoms with E-state index in [1.54, 1.807) is 0 Å². The van der Waals surface area contributed by atoms with Gasteiger partial charge in [0.15, 0.2) is 5.82 Å². The lowest BCUT2D eigenvalue weighted by molar-refractivity contribution is -0.142. The molecule has 21 heavy (non-hydrogen) atoms. The molecule has 1 amide bonds. The number of likely N-dealkylation sites (tertiary alicyclic amines) is 1. The van der Waals surface area contributed by atoms with Crippen LogP contribution in [-0.4, -0.2) is 46.7 Å². The molecule has 0 aliphatic carbocycles. The minimum absolute atomic E-state index is 0.152. The van der Waals surface area contributed by atoms with Crippen LogP contribution in [0.1, 0.15) is 63.1 Å². The monoisotopic (exact) mass is 293 g/mol. The second-order valence-corrected chi connectivity index (χ2v) is 6.25. The molecule has 0 unspecified atom stereocenters. The summed E-state index contributed by atoms with van der Waals surface area (Å²) in [5.41, 5.74) is 0. The Morgan fingerprint density at radius 2 is 2.05 bits per heavy atom. The summed E-state index contributed by atoms with van der Waals surface area (Å²) in [6.07, 6.45) is 3.42. The van der Waals surface area contributed by atoms with Crippen LogP contribution in [0.2, 0.25) is 0 Å². The van der Waals surface area contributed by atoms with E-state index >= 15 is 0 Å². The second-order valence-electron chi connectivity index (χ2n) is 6.25. The Balaban J connectivity index is 1.55. The molecular formula is C15H23N3O3. The van der Waals surface area contributed by atoms with Crippen molar-refractivity contribution >= 4 is 5.91 Å². The molecule has 2 fully saturated rings.